The van der Waals surface area contributed by atoms with Crippen molar-refractivity contribution in [2.24, 2.45) is 5.41 Å². The van der Waals surface area contributed by atoms with Crippen molar-refractivity contribution in [1.82, 2.24) is 10.3 Å². The van der Waals surface area contributed by atoms with Gasteiger partial charge in [-0.2, -0.15) is 0 Å². The summed E-state index contributed by atoms with van der Waals surface area (Å²) in [4.78, 5) is 16.3. The highest BCUT2D eigenvalue weighted by Crippen LogP contribution is 2.40. The molecule has 2 rings (SSSR count). The Morgan fingerprint density at radius 1 is 1.21 bits per heavy atom. The summed E-state index contributed by atoms with van der Waals surface area (Å²) in [6.07, 6.45) is -1.19. The summed E-state index contributed by atoms with van der Waals surface area (Å²) < 4.78 is 0. The van der Waals surface area contributed by atoms with Gasteiger partial charge in [0.2, 0.25) is 0 Å². The van der Waals surface area contributed by atoms with Gasteiger partial charge >= 0.3 is 6.09 Å². The third kappa shape index (κ3) is 3.28. The highest BCUT2D eigenvalue weighted by molar-refractivity contribution is 7.13. The molecule has 0 radical (unpaired) electrons. The van der Waals surface area contributed by atoms with Crippen LogP contribution in [0.3, 0.4) is 0 Å². The Bertz CT molecular complexity index is 706. The van der Waals surface area contributed by atoms with Crippen molar-refractivity contribution < 1.29 is 20.1 Å². The van der Waals surface area contributed by atoms with Crippen LogP contribution in [0.15, 0.2) is 29.8 Å². The summed E-state index contributed by atoms with van der Waals surface area (Å²) in [6, 6.07) is 7.30. The Balaban J connectivity index is 2.48. The van der Waals surface area contributed by atoms with E-state index in [1.54, 1.807) is 17.6 Å². The first-order valence-corrected chi connectivity index (χ1v) is 8.39. The predicted molar refractivity (Wildman–Crippen MR) is 92.9 cm³/mol. The molecule has 130 valence electrons. The fraction of sp³-hybridized carbons (Fsp3) is 0.412. The molecular weight excluding hydrogens is 328 g/mol. The van der Waals surface area contributed by atoms with Crippen LogP contribution in [-0.2, 0) is 12.1 Å². The van der Waals surface area contributed by atoms with E-state index in [1.807, 2.05) is 32.9 Å². The second-order valence-electron chi connectivity index (χ2n) is 6.61. The third-order valence-electron chi connectivity index (χ3n) is 4.27. The van der Waals surface area contributed by atoms with Crippen molar-refractivity contribution in [1.29, 1.82) is 0 Å². The lowest BCUT2D eigenvalue weighted by Gasteiger charge is -2.43. The number of carbonyl (C=O) groups is 1. The lowest BCUT2D eigenvalue weighted by atomic mass is 9.69. The maximum Gasteiger partial charge on any atom is 0.405 e. The average Bonchev–Trinajstić information content (AvgIpc) is 3.00. The normalized spacial score (nSPS) is 14.2. The van der Waals surface area contributed by atoms with E-state index >= 15 is 0 Å². The first-order valence-electron chi connectivity index (χ1n) is 7.51. The van der Waals surface area contributed by atoms with E-state index in [-0.39, 0.29) is 13.2 Å². The van der Waals surface area contributed by atoms with Crippen molar-refractivity contribution in [3.63, 3.8) is 0 Å². The van der Waals surface area contributed by atoms with Gasteiger partial charge in [-0.1, -0.05) is 45.0 Å². The smallest absolute Gasteiger partial charge is 0.405 e. The molecular formula is C17H22N2O4S. The summed E-state index contributed by atoms with van der Waals surface area (Å²) >= 11 is 1.43. The molecule has 0 fully saturated rings. The van der Waals surface area contributed by atoms with Gasteiger partial charge in [-0.05, 0) is 16.5 Å². The van der Waals surface area contributed by atoms with E-state index in [2.05, 4.69) is 10.3 Å². The first-order chi connectivity index (χ1) is 11.2. The summed E-state index contributed by atoms with van der Waals surface area (Å²) in [5.74, 6) is 0. The van der Waals surface area contributed by atoms with Crippen LogP contribution in [0.1, 0.15) is 32.0 Å². The number of carboxylic acid groups (broad SMARTS) is 1. The number of nitrogens with one attached hydrogen (secondary N) is 1. The minimum absolute atomic E-state index is 0.135. The molecule has 0 saturated carbocycles. The molecule has 6 nitrogen and oxygen atoms in total. The average molecular weight is 350 g/mol. The second-order valence-corrected chi connectivity index (χ2v) is 7.46. The van der Waals surface area contributed by atoms with E-state index in [1.165, 1.54) is 11.3 Å². The summed E-state index contributed by atoms with van der Waals surface area (Å²) in [5.41, 5.74) is 2.20. The van der Waals surface area contributed by atoms with Crippen LogP contribution >= 0.6 is 11.3 Å². The van der Waals surface area contributed by atoms with Gasteiger partial charge in [-0.15, -0.1) is 11.3 Å². The quantitative estimate of drug-likeness (QED) is 0.664. The van der Waals surface area contributed by atoms with Gasteiger partial charge in [0.05, 0.1) is 34.8 Å². The van der Waals surface area contributed by atoms with Crippen molar-refractivity contribution in [2.45, 2.75) is 32.9 Å². The van der Waals surface area contributed by atoms with Gasteiger partial charge in [0.1, 0.15) is 0 Å². The molecule has 4 N–H and O–H groups in total. The number of aliphatic hydroxyl groups excluding tert-OH is 2. The van der Waals surface area contributed by atoms with Crippen LogP contribution in [0, 0.1) is 5.41 Å². The van der Waals surface area contributed by atoms with Crippen LogP contribution < -0.4 is 5.32 Å². The Kier molecular flexibility index (Phi) is 5.27. The van der Waals surface area contributed by atoms with Gasteiger partial charge in [-0.3, -0.25) is 0 Å². The lowest BCUT2D eigenvalue weighted by Crippen LogP contribution is -2.56. The van der Waals surface area contributed by atoms with E-state index in [0.29, 0.717) is 11.3 Å². The molecule has 1 heterocycles. The van der Waals surface area contributed by atoms with Crippen LogP contribution in [0.25, 0.3) is 10.4 Å². The molecule has 0 bridgehead atoms. The number of rotatable bonds is 5. The molecule has 2 aromatic rings. The van der Waals surface area contributed by atoms with E-state index in [0.717, 1.165) is 10.4 Å². The van der Waals surface area contributed by atoms with Crippen LogP contribution in [0.5, 0.6) is 0 Å². The van der Waals surface area contributed by atoms with Crippen molar-refractivity contribution >= 4 is 17.4 Å². The Labute approximate surface area is 144 Å². The molecule has 0 aliphatic carbocycles. The molecule has 0 aliphatic heterocycles. The fourth-order valence-corrected chi connectivity index (χ4v) is 3.58. The maximum absolute atomic E-state index is 11.3. The Hall–Kier alpha value is -1.96. The van der Waals surface area contributed by atoms with Crippen LogP contribution in [0.4, 0.5) is 4.79 Å². The number of amides is 1. The lowest BCUT2D eigenvalue weighted by molar-refractivity contribution is 0.0564. The summed E-state index contributed by atoms with van der Waals surface area (Å²) in [7, 11) is 0. The monoisotopic (exact) mass is 350 g/mol. The number of nitrogens with zero attached hydrogens (tertiary/aromatic N) is 1. The SMILES string of the molecule is CC(C)(C)[C@@](CO)(NC(=O)O)c1ccc(-c2scnc2CO)cc1. The Morgan fingerprint density at radius 3 is 2.29 bits per heavy atom. The molecule has 1 aromatic carbocycles. The zero-order valence-corrected chi connectivity index (χ0v) is 14.7. The van der Waals surface area contributed by atoms with Crippen molar-refractivity contribution in [3.8, 4) is 10.4 Å². The second kappa shape index (κ2) is 6.88. The molecule has 0 saturated heterocycles. The van der Waals surface area contributed by atoms with Gasteiger partial charge in [0.25, 0.3) is 0 Å². The van der Waals surface area contributed by atoms with E-state index in [4.69, 9.17) is 0 Å². The minimum atomic E-state index is -1.19. The summed E-state index contributed by atoms with van der Waals surface area (Å²) in [5, 5.41) is 31.0. The maximum atomic E-state index is 11.3. The van der Waals surface area contributed by atoms with E-state index < -0.39 is 17.0 Å². The standard InChI is InChI=1S/C17H22N2O4S/c1-16(2,3)17(9-21,19-15(22)23)12-6-4-11(5-7-12)14-13(8-20)18-10-24-14/h4-7,10,19-21H,8-9H2,1-3H3,(H,22,23)/t17-/m0/s1. The van der Waals surface area contributed by atoms with Crippen LogP contribution in [-0.4, -0.2) is 33.0 Å². The minimum Gasteiger partial charge on any atom is -0.465 e. The van der Waals surface area contributed by atoms with Gasteiger partial charge in [0, 0.05) is 0 Å². The summed E-state index contributed by atoms with van der Waals surface area (Å²) in [6.45, 7) is 5.13. The number of hydrogen-bond donors (Lipinski definition) is 4. The highest BCUT2D eigenvalue weighted by atomic mass is 32.1. The third-order valence-corrected chi connectivity index (χ3v) is 5.19. The van der Waals surface area contributed by atoms with Crippen molar-refractivity contribution in [3.05, 3.63) is 41.0 Å². The number of thiazole rings is 1. The van der Waals surface area contributed by atoms with Crippen LogP contribution in [0.2, 0.25) is 0 Å². The van der Waals surface area contributed by atoms with E-state index in [9.17, 15) is 20.1 Å². The fourth-order valence-electron chi connectivity index (χ4n) is 2.77. The Morgan fingerprint density at radius 2 is 1.83 bits per heavy atom. The molecule has 0 unspecified atom stereocenters. The first kappa shape index (κ1) is 18.4. The molecule has 7 heteroatoms. The number of aromatic nitrogens is 1. The number of aliphatic hydroxyl groups is 2. The molecule has 0 aliphatic rings. The van der Waals surface area contributed by atoms with Gasteiger partial charge in [0.15, 0.2) is 0 Å². The number of hydrogen-bond acceptors (Lipinski definition) is 5. The van der Waals surface area contributed by atoms with Gasteiger partial charge < -0.3 is 20.6 Å². The van der Waals surface area contributed by atoms with Crippen molar-refractivity contribution in [2.75, 3.05) is 6.61 Å². The number of benzene rings is 1. The van der Waals surface area contributed by atoms with Gasteiger partial charge in [-0.25, -0.2) is 9.78 Å². The molecule has 1 aromatic heterocycles. The zero-order valence-electron chi connectivity index (χ0n) is 13.9. The topological polar surface area (TPSA) is 103 Å². The molecule has 0 spiro atoms. The predicted octanol–water partition coefficient (Wildman–Crippen LogP) is 2.80. The largest absolute Gasteiger partial charge is 0.465 e. The molecule has 1 atom stereocenters. The zero-order chi connectivity index (χ0) is 18.0. The molecule has 1 amide bonds. The highest BCUT2D eigenvalue weighted by Gasteiger charge is 2.44. The molecule has 24 heavy (non-hydrogen) atoms.